The van der Waals surface area contributed by atoms with Crippen LogP contribution in [0, 0.1) is 10.1 Å². The van der Waals surface area contributed by atoms with Crippen LogP contribution in [0.4, 0.5) is 0 Å². The highest BCUT2D eigenvalue weighted by Gasteiger charge is 2.48. The van der Waals surface area contributed by atoms with Gasteiger partial charge in [0.05, 0.1) is 11.0 Å². The quantitative estimate of drug-likeness (QED) is 0.508. The number of ether oxygens (including phenoxy) is 3. The Morgan fingerprint density at radius 2 is 2.20 bits per heavy atom. The van der Waals surface area contributed by atoms with E-state index in [1.807, 2.05) is 13.8 Å². The summed E-state index contributed by atoms with van der Waals surface area (Å²) < 4.78 is 16.5. The molecule has 2 aliphatic rings. The highest BCUT2D eigenvalue weighted by atomic mass is 16.8. The molecule has 0 bridgehead atoms. The fraction of sp³-hybridized carbons (Fsp3) is 0.778. The maximum Gasteiger partial charge on any atom is 0.233 e. The highest BCUT2D eigenvalue weighted by Crippen LogP contribution is 2.37. The SMILES string of the molecule is CC1(C)OC2O[C@H](C=C[N+](=O)[O-])C[C@H]2O1. The normalized spacial score (nSPS) is 38.4. The maximum absolute atomic E-state index is 10.1. The predicted octanol–water partition coefficient (Wildman–Crippen LogP) is 1.04. The molecule has 6 heteroatoms. The second-order valence-electron chi connectivity index (χ2n) is 4.08. The summed E-state index contributed by atoms with van der Waals surface area (Å²) in [7, 11) is 0. The summed E-state index contributed by atoms with van der Waals surface area (Å²) in [4.78, 5) is 9.60. The molecule has 0 aliphatic carbocycles. The van der Waals surface area contributed by atoms with E-state index >= 15 is 0 Å². The number of nitro groups is 1. The molecule has 0 amide bonds. The molecule has 84 valence electrons. The molecule has 0 saturated carbocycles. The average Bonchev–Trinajstić information content (AvgIpc) is 2.53. The fourth-order valence-corrected chi connectivity index (χ4v) is 1.83. The van der Waals surface area contributed by atoms with Gasteiger partial charge in [-0.05, 0) is 13.8 Å². The molecule has 2 aliphatic heterocycles. The van der Waals surface area contributed by atoms with Gasteiger partial charge in [0.15, 0.2) is 12.1 Å². The minimum absolute atomic E-state index is 0.124. The molecule has 0 radical (unpaired) electrons. The smallest absolute Gasteiger partial charge is 0.233 e. The number of hydrogen-bond donors (Lipinski definition) is 0. The van der Waals surface area contributed by atoms with Crippen LogP contribution in [0.15, 0.2) is 12.3 Å². The molecule has 0 spiro atoms. The van der Waals surface area contributed by atoms with Crippen LogP contribution in [0.5, 0.6) is 0 Å². The molecule has 2 saturated heterocycles. The van der Waals surface area contributed by atoms with Crippen molar-refractivity contribution in [2.45, 2.75) is 44.6 Å². The first-order valence-corrected chi connectivity index (χ1v) is 4.79. The zero-order chi connectivity index (χ0) is 11.1. The van der Waals surface area contributed by atoms with Crippen LogP contribution in [-0.2, 0) is 14.2 Å². The van der Waals surface area contributed by atoms with E-state index in [9.17, 15) is 10.1 Å². The van der Waals surface area contributed by atoms with E-state index in [-0.39, 0.29) is 12.2 Å². The van der Waals surface area contributed by atoms with Gasteiger partial charge in [-0.3, -0.25) is 10.1 Å². The van der Waals surface area contributed by atoms with Gasteiger partial charge in [0.1, 0.15) is 6.10 Å². The van der Waals surface area contributed by atoms with Crippen LogP contribution in [0.2, 0.25) is 0 Å². The molecule has 0 aromatic heterocycles. The van der Waals surface area contributed by atoms with Crippen molar-refractivity contribution in [3.8, 4) is 0 Å². The summed E-state index contributed by atoms with van der Waals surface area (Å²) in [6, 6.07) is 0. The Morgan fingerprint density at radius 1 is 1.47 bits per heavy atom. The van der Waals surface area contributed by atoms with Crippen molar-refractivity contribution >= 4 is 0 Å². The van der Waals surface area contributed by atoms with E-state index in [0.29, 0.717) is 6.42 Å². The fourth-order valence-electron chi connectivity index (χ4n) is 1.83. The van der Waals surface area contributed by atoms with Crippen molar-refractivity contribution in [2.24, 2.45) is 0 Å². The standard InChI is InChI=1S/C9H13NO5/c1-9(2)14-7-5-6(3-4-10(11)12)13-8(7)15-9/h3-4,6-8H,5H2,1-2H3/t6-,7-,8?/m1/s1. The summed E-state index contributed by atoms with van der Waals surface area (Å²) in [5, 5.41) is 10.1. The van der Waals surface area contributed by atoms with Crippen molar-refractivity contribution in [3.63, 3.8) is 0 Å². The first-order valence-electron chi connectivity index (χ1n) is 4.79. The summed E-state index contributed by atoms with van der Waals surface area (Å²) in [5.41, 5.74) is 0. The molecule has 2 heterocycles. The van der Waals surface area contributed by atoms with Crippen molar-refractivity contribution in [1.29, 1.82) is 0 Å². The van der Waals surface area contributed by atoms with Crippen LogP contribution < -0.4 is 0 Å². The Labute approximate surface area is 87.0 Å². The molecule has 3 atom stereocenters. The van der Waals surface area contributed by atoms with Gasteiger partial charge in [-0.1, -0.05) is 0 Å². The van der Waals surface area contributed by atoms with Gasteiger partial charge in [0.25, 0.3) is 0 Å². The van der Waals surface area contributed by atoms with Gasteiger partial charge < -0.3 is 14.2 Å². The second-order valence-corrected chi connectivity index (χ2v) is 4.08. The second kappa shape index (κ2) is 3.55. The lowest BCUT2D eigenvalue weighted by molar-refractivity contribution is -0.403. The molecule has 0 N–H and O–H groups in total. The lowest BCUT2D eigenvalue weighted by atomic mass is 10.2. The first kappa shape index (κ1) is 10.5. The maximum atomic E-state index is 10.1. The third-order valence-electron chi connectivity index (χ3n) is 2.33. The van der Waals surface area contributed by atoms with Gasteiger partial charge in [-0.2, -0.15) is 0 Å². The van der Waals surface area contributed by atoms with Gasteiger partial charge in [0.2, 0.25) is 6.20 Å². The summed E-state index contributed by atoms with van der Waals surface area (Å²) >= 11 is 0. The summed E-state index contributed by atoms with van der Waals surface area (Å²) in [6.45, 7) is 3.63. The van der Waals surface area contributed by atoms with Crippen LogP contribution in [0.1, 0.15) is 20.3 Å². The molecule has 2 fully saturated rings. The lowest BCUT2D eigenvalue weighted by Crippen LogP contribution is -2.24. The van der Waals surface area contributed by atoms with Gasteiger partial charge in [0, 0.05) is 12.5 Å². The number of hydrogen-bond acceptors (Lipinski definition) is 5. The minimum atomic E-state index is -0.618. The van der Waals surface area contributed by atoms with Crippen LogP contribution >= 0.6 is 0 Å². The van der Waals surface area contributed by atoms with E-state index in [4.69, 9.17) is 14.2 Å². The van der Waals surface area contributed by atoms with E-state index in [2.05, 4.69) is 0 Å². The van der Waals surface area contributed by atoms with Crippen LogP contribution in [0.25, 0.3) is 0 Å². The highest BCUT2D eigenvalue weighted by molar-refractivity contribution is 4.94. The molecular weight excluding hydrogens is 202 g/mol. The van der Waals surface area contributed by atoms with E-state index < -0.39 is 17.0 Å². The molecule has 6 nitrogen and oxygen atoms in total. The zero-order valence-corrected chi connectivity index (χ0v) is 8.58. The van der Waals surface area contributed by atoms with Crippen LogP contribution in [-0.4, -0.2) is 29.2 Å². The van der Waals surface area contributed by atoms with Crippen molar-refractivity contribution in [1.82, 2.24) is 0 Å². The zero-order valence-electron chi connectivity index (χ0n) is 8.58. The van der Waals surface area contributed by atoms with Gasteiger partial charge >= 0.3 is 0 Å². The topological polar surface area (TPSA) is 70.8 Å². The number of nitrogens with zero attached hydrogens (tertiary/aromatic N) is 1. The number of rotatable bonds is 2. The molecule has 1 unspecified atom stereocenters. The predicted molar refractivity (Wildman–Crippen MR) is 49.4 cm³/mol. The first-order chi connectivity index (χ1) is 6.96. The molecular formula is C9H13NO5. The van der Waals surface area contributed by atoms with E-state index in [0.717, 1.165) is 6.20 Å². The van der Waals surface area contributed by atoms with E-state index in [1.54, 1.807) is 0 Å². The Balaban J connectivity index is 1.91. The Hall–Kier alpha value is -0.980. The molecule has 0 aromatic carbocycles. The summed E-state index contributed by atoms with van der Waals surface area (Å²) in [6.07, 6.45) is 2.08. The Morgan fingerprint density at radius 3 is 2.80 bits per heavy atom. The van der Waals surface area contributed by atoms with Crippen molar-refractivity contribution < 1.29 is 19.1 Å². The van der Waals surface area contributed by atoms with Gasteiger partial charge in [-0.25, -0.2) is 0 Å². The van der Waals surface area contributed by atoms with E-state index in [1.165, 1.54) is 6.08 Å². The average molecular weight is 215 g/mol. The van der Waals surface area contributed by atoms with Crippen molar-refractivity contribution in [3.05, 3.63) is 22.4 Å². The van der Waals surface area contributed by atoms with Crippen molar-refractivity contribution in [2.75, 3.05) is 0 Å². The van der Waals surface area contributed by atoms with Gasteiger partial charge in [-0.15, -0.1) is 0 Å². The Bertz CT molecular complexity index is 285. The monoisotopic (exact) mass is 215 g/mol. The van der Waals surface area contributed by atoms with Crippen LogP contribution in [0.3, 0.4) is 0 Å². The minimum Gasteiger partial charge on any atom is -0.342 e. The Kier molecular flexibility index (Phi) is 2.49. The largest absolute Gasteiger partial charge is 0.342 e. The summed E-state index contributed by atoms with van der Waals surface area (Å²) in [5.74, 6) is -0.618. The molecule has 0 aromatic rings. The third kappa shape index (κ3) is 2.34. The molecule has 15 heavy (non-hydrogen) atoms. The lowest BCUT2D eigenvalue weighted by Gasteiger charge is -2.18. The number of fused-ring (bicyclic) bond motifs is 1. The third-order valence-corrected chi connectivity index (χ3v) is 2.33. The molecule has 2 rings (SSSR count).